The van der Waals surface area contributed by atoms with Gasteiger partial charge in [0.15, 0.2) is 6.61 Å². The Morgan fingerprint density at radius 3 is 2.63 bits per heavy atom. The molecule has 0 spiro atoms. The summed E-state index contributed by atoms with van der Waals surface area (Å²) in [5, 5.41) is 1.98. The van der Waals surface area contributed by atoms with Crippen LogP contribution in [-0.2, 0) is 27.0 Å². The Kier molecular flexibility index (Phi) is 6.06. The average molecular weight is 440 g/mol. The van der Waals surface area contributed by atoms with Gasteiger partial charge in [0.25, 0.3) is 11.5 Å². The summed E-state index contributed by atoms with van der Waals surface area (Å²) in [7, 11) is 0. The lowest BCUT2D eigenvalue weighted by Gasteiger charge is -2.12. The van der Waals surface area contributed by atoms with E-state index in [1.54, 1.807) is 24.3 Å². The highest BCUT2D eigenvalue weighted by molar-refractivity contribution is 6.31. The molecule has 0 saturated heterocycles. The Bertz CT molecular complexity index is 1180. The largest absolute Gasteiger partial charge is 0.454 e. The van der Waals surface area contributed by atoms with Crippen LogP contribution in [0.5, 0.6) is 0 Å². The monoisotopic (exact) mass is 439 g/mol. The summed E-state index contributed by atoms with van der Waals surface area (Å²) in [5.41, 5.74) is -1.26. The number of carbonyl (C=O) groups excluding carboxylic acids is 2. The molecule has 0 bridgehead atoms. The SMILES string of the molecule is O=C(COC(=O)Cn1cnc2ccccc2c1=O)Nc1ccc(Cl)c(C(F)(F)F)c1. The van der Waals surface area contributed by atoms with Crippen LogP contribution in [0, 0.1) is 0 Å². The maximum Gasteiger partial charge on any atom is 0.417 e. The van der Waals surface area contributed by atoms with Gasteiger partial charge in [-0.1, -0.05) is 23.7 Å². The third kappa shape index (κ3) is 4.95. The molecule has 2 aromatic carbocycles. The Labute approximate surface area is 172 Å². The fourth-order valence-corrected chi connectivity index (χ4v) is 2.79. The molecule has 0 fully saturated rings. The molecular formula is C19H13ClF3N3O4. The van der Waals surface area contributed by atoms with Crippen molar-refractivity contribution in [2.24, 2.45) is 0 Å². The first kappa shape index (κ1) is 21.3. The molecule has 1 heterocycles. The number of halogens is 4. The summed E-state index contributed by atoms with van der Waals surface area (Å²) in [5.74, 6) is -1.75. The first-order chi connectivity index (χ1) is 14.1. The van der Waals surface area contributed by atoms with Crippen LogP contribution in [0.15, 0.2) is 53.6 Å². The number of amides is 1. The minimum atomic E-state index is -4.69. The summed E-state index contributed by atoms with van der Waals surface area (Å²) >= 11 is 5.51. The number of benzene rings is 2. The number of nitrogens with one attached hydrogen (secondary N) is 1. The molecule has 7 nitrogen and oxygen atoms in total. The minimum absolute atomic E-state index is 0.164. The molecule has 0 aliphatic carbocycles. The molecule has 156 valence electrons. The fraction of sp³-hybridized carbons (Fsp3) is 0.158. The normalized spacial score (nSPS) is 11.3. The predicted octanol–water partition coefficient (Wildman–Crippen LogP) is 3.25. The summed E-state index contributed by atoms with van der Waals surface area (Å²) in [6.07, 6.45) is -3.51. The van der Waals surface area contributed by atoms with E-state index in [2.05, 4.69) is 10.3 Å². The second-order valence-corrected chi connectivity index (χ2v) is 6.50. The average Bonchev–Trinajstić information content (AvgIpc) is 2.69. The molecule has 0 unspecified atom stereocenters. The molecule has 3 rings (SSSR count). The van der Waals surface area contributed by atoms with Gasteiger partial charge in [0.05, 0.1) is 27.8 Å². The van der Waals surface area contributed by atoms with E-state index in [1.807, 2.05) is 0 Å². The number of fused-ring (bicyclic) bond motifs is 1. The molecule has 0 saturated carbocycles. The Balaban J connectivity index is 1.60. The second-order valence-electron chi connectivity index (χ2n) is 6.10. The van der Waals surface area contributed by atoms with E-state index in [4.69, 9.17) is 16.3 Å². The lowest BCUT2D eigenvalue weighted by Crippen LogP contribution is -2.28. The van der Waals surface area contributed by atoms with E-state index in [0.717, 1.165) is 10.6 Å². The van der Waals surface area contributed by atoms with Crippen molar-refractivity contribution < 1.29 is 27.5 Å². The molecule has 3 aromatic rings. The van der Waals surface area contributed by atoms with Crippen molar-refractivity contribution in [3.05, 3.63) is 69.7 Å². The standard InChI is InChI=1S/C19H13ClF3N3O4/c20-14-6-5-11(7-13(14)19(21,22)23)25-16(27)9-30-17(28)8-26-10-24-15-4-2-1-3-12(15)18(26)29/h1-7,10H,8-9H2,(H,25,27). The lowest BCUT2D eigenvalue weighted by molar-refractivity contribution is -0.147. The van der Waals surface area contributed by atoms with Crippen molar-refractivity contribution in [2.75, 3.05) is 11.9 Å². The molecule has 0 aliphatic heterocycles. The van der Waals surface area contributed by atoms with Gasteiger partial charge in [0.1, 0.15) is 6.54 Å². The van der Waals surface area contributed by atoms with Gasteiger partial charge in [-0.25, -0.2) is 4.98 Å². The van der Waals surface area contributed by atoms with E-state index in [-0.39, 0.29) is 5.69 Å². The Morgan fingerprint density at radius 2 is 1.90 bits per heavy atom. The zero-order valence-corrected chi connectivity index (χ0v) is 15.8. The van der Waals surface area contributed by atoms with Crippen LogP contribution >= 0.6 is 11.6 Å². The van der Waals surface area contributed by atoms with Gasteiger partial charge in [-0.2, -0.15) is 13.2 Å². The van der Waals surface area contributed by atoms with Gasteiger partial charge in [-0.05, 0) is 30.3 Å². The smallest absolute Gasteiger partial charge is 0.417 e. The van der Waals surface area contributed by atoms with Crippen LogP contribution in [-0.4, -0.2) is 28.0 Å². The number of nitrogens with zero attached hydrogens (tertiary/aromatic N) is 2. The highest BCUT2D eigenvalue weighted by Gasteiger charge is 2.33. The van der Waals surface area contributed by atoms with E-state index in [1.165, 1.54) is 12.4 Å². The van der Waals surface area contributed by atoms with Crippen molar-refractivity contribution in [3.8, 4) is 0 Å². The maximum absolute atomic E-state index is 12.9. The quantitative estimate of drug-likeness (QED) is 0.616. The number of alkyl halides is 3. The summed E-state index contributed by atoms with van der Waals surface area (Å²) in [6.45, 7) is -1.23. The third-order valence-electron chi connectivity index (χ3n) is 3.95. The number of esters is 1. The molecule has 0 radical (unpaired) electrons. The van der Waals surface area contributed by atoms with E-state index in [9.17, 15) is 27.6 Å². The van der Waals surface area contributed by atoms with Crippen molar-refractivity contribution in [1.29, 1.82) is 0 Å². The lowest BCUT2D eigenvalue weighted by atomic mass is 10.2. The van der Waals surface area contributed by atoms with Crippen molar-refractivity contribution in [3.63, 3.8) is 0 Å². The maximum atomic E-state index is 12.9. The molecule has 30 heavy (non-hydrogen) atoms. The van der Waals surface area contributed by atoms with Crippen LogP contribution in [0.3, 0.4) is 0 Å². The molecule has 1 N–H and O–H groups in total. The molecular weight excluding hydrogens is 427 g/mol. The highest BCUT2D eigenvalue weighted by Crippen LogP contribution is 2.36. The molecule has 0 atom stereocenters. The Morgan fingerprint density at radius 1 is 1.17 bits per heavy atom. The van der Waals surface area contributed by atoms with Gasteiger partial charge in [0, 0.05) is 5.69 Å². The van der Waals surface area contributed by atoms with Crippen molar-refractivity contribution >= 4 is 40.1 Å². The number of hydrogen-bond donors (Lipinski definition) is 1. The van der Waals surface area contributed by atoms with Crippen molar-refractivity contribution in [1.82, 2.24) is 9.55 Å². The summed E-state index contributed by atoms with van der Waals surface area (Å²) in [6, 6.07) is 9.40. The number of ether oxygens (including phenoxy) is 1. The van der Waals surface area contributed by atoms with Crippen LogP contribution in [0.4, 0.5) is 18.9 Å². The number of hydrogen-bond acceptors (Lipinski definition) is 5. The molecule has 1 amide bonds. The van der Waals surface area contributed by atoms with Crippen molar-refractivity contribution in [2.45, 2.75) is 12.7 Å². The highest BCUT2D eigenvalue weighted by atomic mass is 35.5. The van der Waals surface area contributed by atoms with Crippen LogP contribution in [0.2, 0.25) is 5.02 Å². The Hall–Kier alpha value is -3.40. The number of para-hydroxylation sites is 1. The first-order valence-corrected chi connectivity index (χ1v) is 8.79. The van der Waals surface area contributed by atoms with Gasteiger partial charge in [-0.15, -0.1) is 0 Å². The number of rotatable bonds is 5. The van der Waals surface area contributed by atoms with E-state index < -0.39 is 47.3 Å². The number of aromatic nitrogens is 2. The summed E-state index contributed by atoms with van der Waals surface area (Å²) < 4.78 is 44.4. The third-order valence-corrected chi connectivity index (χ3v) is 4.28. The van der Waals surface area contributed by atoms with E-state index in [0.29, 0.717) is 17.0 Å². The molecule has 0 aliphatic rings. The fourth-order valence-electron chi connectivity index (χ4n) is 2.57. The van der Waals surface area contributed by atoms with Gasteiger partial charge in [0.2, 0.25) is 0 Å². The topological polar surface area (TPSA) is 90.3 Å². The summed E-state index contributed by atoms with van der Waals surface area (Å²) in [4.78, 5) is 40.2. The van der Waals surface area contributed by atoms with Crippen LogP contribution in [0.1, 0.15) is 5.56 Å². The second kappa shape index (κ2) is 8.54. The molecule has 1 aromatic heterocycles. The van der Waals surface area contributed by atoms with E-state index >= 15 is 0 Å². The first-order valence-electron chi connectivity index (χ1n) is 8.41. The molecule has 11 heteroatoms. The van der Waals surface area contributed by atoms with Gasteiger partial charge < -0.3 is 10.1 Å². The van der Waals surface area contributed by atoms with Crippen LogP contribution in [0.25, 0.3) is 10.9 Å². The minimum Gasteiger partial charge on any atom is -0.454 e. The van der Waals surface area contributed by atoms with Crippen LogP contribution < -0.4 is 10.9 Å². The predicted molar refractivity (Wildman–Crippen MR) is 102 cm³/mol. The van der Waals surface area contributed by atoms with Gasteiger partial charge in [-0.3, -0.25) is 19.0 Å². The number of carbonyl (C=O) groups is 2. The zero-order chi connectivity index (χ0) is 21.9. The number of anilines is 1. The zero-order valence-electron chi connectivity index (χ0n) is 15.1. The van der Waals surface area contributed by atoms with Gasteiger partial charge >= 0.3 is 12.1 Å².